The molecule has 3 nitrogen and oxygen atoms in total. The molecule has 0 radical (unpaired) electrons. The number of pyridine rings is 1. The molecule has 1 N–H and O–H groups in total. The lowest BCUT2D eigenvalue weighted by Crippen LogP contribution is -2.41. The second kappa shape index (κ2) is 5.10. The van der Waals surface area contributed by atoms with Crippen molar-refractivity contribution in [3.05, 3.63) is 29.8 Å². The average Bonchev–Trinajstić information content (AvgIpc) is 2.75. The van der Waals surface area contributed by atoms with E-state index in [1.54, 1.807) is 12.3 Å². The molecule has 1 aromatic rings. The van der Waals surface area contributed by atoms with Gasteiger partial charge < -0.3 is 10.1 Å². The fourth-order valence-electron chi connectivity index (χ4n) is 2.51. The molecule has 1 saturated heterocycles. The van der Waals surface area contributed by atoms with Crippen LogP contribution in [0.15, 0.2) is 18.5 Å². The second-order valence-corrected chi connectivity index (χ2v) is 4.65. The van der Waals surface area contributed by atoms with Gasteiger partial charge in [-0.15, -0.1) is 0 Å². The van der Waals surface area contributed by atoms with Crippen LogP contribution in [0.5, 0.6) is 0 Å². The van der Waals surface area contributed by atoms with Gasteiger partial charge in [0, 0.05) is 18.4 Å². The lowest BCUT2D eigenvalue weighted by Gasteiger charge is -2.34. The zero-order valence-electron chi connectivity index (χ0n) is 10.4. The number of ether oxygens (including phenoxy) is 1. The van der Waals surface area contributed by atoms with Crippen molar-refractivity contribution in [2.24, 2.45) is 0 Å². The zero-order valence-corrected chi connectivity index (χ0v) is 10.4. The van der Waals surface area contributed by atoms with Gasteiger partial charge in [-0.2, -0.15) is 0 Å². The minimum atomic E-state index is -0.321. The lowest BCUT2D eigenvalue weighted by molar-refractivity contribution is -0.0130. The highest BCUT2D eigenvalue weighted by Gasteiger charge is 2.39. The molecule has 2 unspecified atom stereocenters. The van der Waals surface area contributed by atoms with Gasteiger partial charge in [-0.1, -0.05) is 6.92 Å². The molecule has 2 heterocycles. The maximum Gasteiger partial charge on any atom is 0.146 e. The fraction of sp³-hybridized carbons (Fsp3) is 0.615. The quantitative estimate of drug-likeness (QED) is 0.874. The van der Waals surface area contributed by atoms with Crippen molar-refractivity contribution in [1.29, 1.82) is 0 Å². The van der Waals surface area contributed by atoms with Gasteiger partial charge in [-0.05, 0) is 32.4 Å². The van der Waals surface area contributed by atoms with Gasteiger partial charge in [0.05, 0.1) is 17.8 Å². The van der Waals surface area contributed by atoms with Crippen LogP contribution in [0, 0.1) is 5.82 Å². The zero-order chi connectivity index (χ0) is 12.3. The first kappa shape index (κ1) is 12.5. The highest BCUT2D eigenvalue weighted by atomic mass is 19.1. The smallest absolute Gasteiger partial charge is 0.146 e. The van der Waals surface area contributed by atoms with E-state index in [0.717, 1.165) is 26.0 Å². The topological polar surface area (TPSA) is 34.2 Å². The third-order valence-corrected chi connectivity index (χ3v) is 3.38. The van der Waals surface area contributed by atoms with Crippen molar-refractivity contribution in [3.8, 4) is 0 Å². The number of hydrogen-bond donors (Lipinski definition) is 1. The summed E-state index contributed by atoms with van der Waals surface area (Å²) in [5, 5.41) is 3.33. The van der Waals surface area contributed by atoms with Gasteiger partial charge in [0.15, 0.2) is 0 Å². The number of nitrogens with one attached hydrogen (secondary N) is 1. The monoisotopic (exact) mass is 238 g/mol. The van der Waals surface area contributed by atoms with Crippen LogP contribution in [0.25, 0.3) is 0 Å². The molecule has 1 aromatic heterocycles. The van der Waals surface area contributed by atoms with Crippen molar-refractivity contribution >= 4 is 0 Å². The predicted octanol–water partition coefficient (Wildman–Crippen LogP) is 2.44. The first-order chi connectivity index (χ1) is 8.17. The van der Waals surface area contributed by atoms with E-state index in [1.807, 2.05) is 13.8 Å². The Labute approximate surface area is 101 Å². The molecule has 2 atom stereocenters. The third-order valence-electron chi connectivity index (χ3n) is 3.38. The van der Waals surface area contributed by atoms with E-state index in [0.29, 0.717) is 5.56 Å². The largest absolute Gasteiger partial charge is 0.373 e. The highest BCUT2D eigenvalue weighted by Crippen LogP contribution is 2.37. The summed E-state index contributed by atoms with van der Waals surface area (Å²) in [7, 11) is 0. The molecule has 2 rings (SSSR count). The molecule has 1 fully saturated rings. The molecule has 17 heavy (non-hydrogen) atoms. The molecule has 0 amide bonds. The summed E-state index contributed by atoms with van der Waals surface area (Å²) < 4.78 is 19.6. The first-order valence-electron chi connectivity index (χ1n) is 6.14. The Morgan fingerprint density at radius 1 is 1.65 bits per heavy atom. The van der Waals surface area contributed by atoms with Gasteiger partial charge in [0.1, 0.15) is 5.82 Å². The van der Waals surface area contributed by atoms with Crippen LogP contribution in [-0.2, 0) is 4.74 Å². The normalized spacial score (nSPS) is 26.1. The lowest BCUT2D eigenvalue weighted by atomic mass is 9.88. The van der Waals surface area contributed by atoms with Gasteiger partial charge in [-0.25, -0.2) is 4.39 Å². The van der Waals surface area contributed by atoms with Gasteiger partial charge in [-0.3, -0.25) is 4.98 Å². The standard InChI is InChI=1S/C13H19FN2O/c1-3-16-12(13(2)6-4-8-17-13)10-5-7-15-9-11(10)14/h5,7,9,12,16H,3-4,6,8H2,1-2H3. The summed E-state index contributed by atoms with van der Waals surface area (Å²) in [5.41, 5.74) is 0.323. The number of aromatic nitrogens is 1. The van der Waals surface area contributed by atoms with Crippen molar-refractivity contribution in [1.82, 2.24) is 10.3 Å². The predicted molar refractivity (Wildman–Crippen MR) is 64.2 cm³/mol. The Hall–Kier alpha value is -1.00. The molecular formula is C13H19FN2O. The summed E-state index contributed by atoms with van der Waals surface area (Å²) in [6.07, 6.45) is 4.87. The Morgan fingerprint density at radius 2 is 2.47 bits per heavy atom. The van der Waals surface area contributed by atoms with E-state index in [2.05, 4.69) is 10.3 Å². The minimum absolute atomic E-state index is 0.113. The minimum Gasteiger partial charge on any atom is -0.373 e. The molecule has 0 saturated carbocycles. The molecule has 94 valence electrons. The maximum absolute atomic E-state index is 13.8. The molecule has 0 aromatic carbocycles. The van der Waals surface area contributed by atoms with E-state index in [1.165, 1.54) is 6.20 Å². The number of likely N-dealkylation sites (N-methyl/N-ethyl adjacent to an activating group) is 1. The fourth-order valence-corrected chi connectivity index (χ4v) is 2.51. The Kier molecular flexibility index (Phi) is 3.74. The summed E-state index contributed by atoms with van der Waals surface area (Å²) in [4.78, 5) is 3.79. The molecule has 1 aliphatic rings. The Bertz CT molecular complexity index is 377. The van der Waals surface area contributed by atoms with E-state index in [-0.39, 0.29) is 17.5 Å². The summed E-state index contributed by atoms with van der Waals surface area (Å²) >= 11 is 0. The highest BCUT2D eigenvalue weighted by molar-refractivity contribution is 5.21. The van der Waals surface area contributed by atoms with Crippen LogP contribution in [0.4, 0.5) is 4.39 Å². The van der Waals surface area contributed by atoms with Crippen LogP contribution in [0.1, 0.15) is 38.3 Å². The Morgan fingerprint density at radius 3 is 3.06 bits per heavy atom. The summed E-state index contributed by atoms with van der Waals surface area (Å²) in [6, 6.07) is 1.62. The van der Waals surface area contributed by atoms with Gasteiger partial charge in [0.2, 0.25) is 0 Å². The first-order valence-corrected chi connectivity index (χ1v) is 6.14. The van der Waals surface area contributed by atoms with E-state index in [4.69, 9.17) is 4.74 Å². The molecule has 4 heteroatoms. The van der Waals surface area contributed by atoms with Crippen molar-refractivity contribution in [2.45, 2.75) is 38.3 Å². The van der Waals surface area contributed by atoms with Crippen LogP contribution >= 0.6 is 0 Å². The van der Waals surface area contributed by atoms with E-state index >= 15 is 0 Å². The van der Waals surface area contributed by atoms with Crippen molar-refractivity contribution < 1.29 is 9.13 Å². The average molecular weight is 238 g/mol. The molecule has 1 aliphatic heterocycles. The van der Waals surface area contributed by atoms with Gasteiger partial charge in [0.25, 0.3) is 0 Å². The van der Waals surface area contributed by atoms with Crippen LogP contribution in [0.3, 0.4) is 0 Å². The SMILES string of the molecule is CCNC(c1ccncc1F)C1(C)CCCO1. The van der Waals surface area contributed by atoms with Crippen molar-refractivity contribution in [3.63, 3.8) is 0 Å². The second-order valence-electron chi connectivity index (χ2n) is 4.65. The van der Waals surface area contributed by atoms with E-state index < -0.39 is 0 Å². The van der Waals surface area contributed by atoms with Crippen molar-refractivity contribution in [2.75, 3.05) is 13.2 Å². The Balaban J connectivity index is 2.32. The summed E-state index contributed by atoms with van der Waals surface area (Å²) in [5.74, 6) is -0.268. The maximum atomic E-state index is 13.8. The molecule has 0 bridgehead atoms. The van der Waals surface area contributed by atoms with Gasteiger partial charge >= 0.3 is 0 Å². The molecule has 0 spiro atoms. The molecule has 0 aliphatic carbocycles. The van der Waals surface area contributed by atoms with Crippen LogP contribution < -0.4 is 5.32 Å². The number of rotatable bonds is 4. The van der Waals surface area contributed by atoms with E-state index in [9.17, 15) is 4.39 Å². The van der Waals surface area contributed by atoms with Crippen LogP contribution in [0.2, 0.25) is 0 Å². The molecular weight excluding hydrogens is 219 g/mol. The third kappa shape index (κ3) is 2.48. The number of nitrogens with zero attached hydrogens (tertiary/aromatic N) is 1. The number of halogens is 1. The number of hydrogen-bond acceptors (Lipinski definition) is 3. The van der Waals surface area contributed by atoms with Crippen LogP contribution in [-0.4, -0.2) is 23.7 Å². The summed E-state index contributed by atoms with van der Waals surface area (Å²) in [6.45, 7) is 5.61.